The zero-order valence-electron chi connectivity index (χ0n) is 20.5. The van der Waals surface area contributed by atoms with E-state index in [-0.39, 0.29) is 0 Å². The van der Waals surface area contributed by atoms with Gasteiger partial charge in [0.1, 0.15) is 11.3 Å². The van der Waals surface area contributed by atoms with E-state index in [4.69, 9.17) is 9.97 Å². The number of aromatic nitrogens is 3. The predicted octanol–water partition coefficient (Wildman–Crippen LogP) is 5.62. The molecule has 4 aromatic rings. The van der Waals surface area contributed by atoms with Gasteiger partial charge in [0.2, 0.25) is 0 Å². The first kappa shape index (κ1) is 23.5. The molecule has 0 aliphatic heterocycles. The lowest BCUT2D eigenvalue weighted by molar-refractivity contribution is -0.138. The number of hydrogen-bond acceptors (Lipinski definition) is 4. The first-order valence-corrected chi connectivity index (χ1v) is 11.8. The van der Waals surface area contributed by atoms with E-state index in [1.807, 2.05) is 62.1 Å². The van der Waals surface area contributed by atoms with Crippen LogP contribution in [-0.2, 0) is 17.8 Å². The molecule has 2 aromatic carbocycles. The van der Waals surface area contributed by atoms with Crippen LogP contribution in [0.2, 0.25) is 0 Å². The predicted molar refractivity (Wildman–Crippen MR) is 136 cm³/mol. The molecule has 0 bridgehead atoms. The molecule has 0 saturated carbocycles. The van der Waals surface area contributed by atoms with E-state index in [2.05, 4.69) is 36.6 Å². The quantitative estimate of drug-likeness (QED) is 0.373. The van der Waals surface area contributed by atoms with Crippen LogP contribution in [0.25, 0.3) is 11.2 Å². The Morgan fingerprint density at radius 2 is 1.74 bits per heavy atom. The number of aryl methyl sites for hydroxylation is 4. The standard InChI is InChI=1S/C28H32N4O2/c1-6-24-30-25-19(4)15-20(5)29-27(25)32(24)17-21-13-14-23(18(3)16-21)31(7-2)26(28(33)34)22-11-9-8-10-12-22/h8-16,26H,6-7,17H2,1-5H3,(H,33,34). The highest BCUT2D eigenvalue weighted by Crippen LogP contribution is 2.31. The lowest BCUT2D eigenvalue weighted by Gasteiger charge is -2.31. The van der Waals surface area contributed by atoms with Crippen molar-refractivity contribution in [2.75, 3.05) is 11.4 Å². The molecule has 0 aliphatic rings. The monoisotopic (exact) mass is 456 g/mol. The molecule has 2 heterocycles. The summed E-state index contributed by atoms with van der Waals surface area (Å²) in [6.45, 7) is 11.5. The van der Waals surface area contributed by atoms with Gasteiger partial charge < -0.3 is 14.6 Å². The van der Waals surface area contributed by atoms with E-state index in [0.717, 1.165) is 57.0 Å². The number of carbonyl (C=O) groups is 1. The van der Waals surface area contributed by atoms with Crippen LogP contribution in [0, 0.1) is 20.8 Å². The van der Waals surface area contributed by atoms with Gasteiger partial charge in [0.05, 0.1) is 6.54 Å². The summed E-state index contributed by atoms with van der Waals surface area (Å²) in [5.41, 5.74) is 7.89. The second-order valence-electron chi connectivity index (χ2n) is 8.78. The summed E-state index contributed by atoms with van der Waals surface area (Å²) in [6.07, 6.45) is 0.826. The summed E-state index contributed by atoms with van der Waals surface area (Å²) < 4.78 is 2.20. The Kier molecular flexibility index (Phi) is 6.68. The van der Waals surface area contributed by atoms with Gasteiger partial charge in [-0.2, -0.15) is 0 Å². The molecule has 1 atom stereocenters. The Morgan fingerprint density at radius 3 is 2.35 bits per heavy atom. The van der Waals surface area contributed by atoms with Crippen LogP contribution in [0.1, 0.15) is 53.7 Å². The third kappa shape index (κ3) is 4.40. The fourth-order valence-electron chi connectivity index (χ4n) is 4.79. The van der Waals surface area contributed by atoms with E-state index < -0.39 is 12.0 Å². The third-order valence-corrected chi connectivity index (χ3v) is 6.33. The lowest BCUT2D eigenvalue weighted by atomic mass is 10.0. The Bertz CT molecular complexity index is 1330. The summed E-state index contributed by atoms with van der Waals surface area (Å²) in [4.78, 5) is 23.8. The minimum atomic E-state index is -0.856. The van der Waals surface area contributed by atoms with Crippen LogP contribution in [-0.4, -0.2) is 32.2 Å². The molecule has 0 fully saturated rings. The molecule has 0 saturated heterocycles. The van der Waals surface area contributed by atoms with Gasteiger partial charge in [0.15, 0.2) is 11.7 Å². The molecule has 34 heavy (non-hydrogen) atoms. The van der Waals surface area contributed by atoms with Crippen molar-refractivity contribution in [1.29, 1.82) is 0 Å². The van der Waals surface area contributed by atoms with Crippen molar-refractivity contribution in [2.24, 2.45) is 0 Å². The Morgan fingerprint density at radius 1 is 1.00 bits per heavy atom. The van der Waals surface area contributed by atoms with Crippen LogP contribution in [0.5, 0.6) is 0 Å². The minimum absolute atomic E-state index is 0.584. The molecule has 4 rings (SSSR count). The molecular weight excluding hydrogens is 424 g/mol. The maximum Gasteiger partial charge on any atom is 0.331 e. The number of anilines is 1. The van der Waals surface area contributed by atoms with Crippen molar-refractivity contribution in [1.82, 2.24) is 14.5 Å². The number of carboxylic acids is 1. The number of likely N-dealkylation sites (N-methyl/N-ethyl adjacent to an activating group) is 1. The normalized spacial score (nSPS) is 12.1. The number of fused-ring (bicyclic) bond motifs is 1. The molecule has 0 radical (unpaired) electrons. The molecule has 6 nitrogen and oxygen atoms in total. The number of carboxylic acid groups (broad SMARTS) is 1. The van der Waals surface area contributed by atoms with Gasteiger partial charge in [-0.25, -0.2) is 14.8 Å². The van der Waals surface area contributed by atoms with Gasteiger partial charge >= 0.3 is 5.97 Å². The number of benzene rings is 2. The van der Waals surface area contributed by atoms with Crippen LogP contribution in [0.4, 0.5) is 5.69 Å². The van der Waals surface area contributed by atoms with Crippen molar-refractivity contribution in [2.45, 2.75) is 53.6 Å². The number of pyridine rings is 1. The maximum atomic E-state index is 12.3. The highest BCUT2D eigenvalue weighted by Gasteiger charge is 2.27. The zero-order valence-corrected chi connectivity index (χ0v) is 20.5. The molecule has 6 heteroatoms. The van der Waals surface area contributed by atoms with E-state index in [9.17, 15) is 9.90 Å². The number of rotatable bonds is 8. The van der Waals surface area contributed by atoms with Crippen molar-refractivity contribution in [3.8, 4) is 0 Å². The molecule has 0 amide bonds. The van der Waals surface area contributed by atoms with Crippen molar-refractivity contribution >= 4 is 22.8 Å². The first-order valence-electron chi connectivity index (χ1n) is 11.8. The van der Waals surface area contributed by atoms with E-state index in [0.29, 0.717) is 13.1 Å². The molecule has 2 aromatic heterocycles. The Balaban J connectivity index is 1.71. The summed E-state index contributed by atoms with van der Waals surface area (Å²) in [6, 6.07) is 17.0. The van der Waals surface area contributed by atoms with Crippen LogP contribution in [0.15, 0.2) is 54.6 Å². The van der Waals surface area contributed by atoms with Crippen molar-refractivity contribution < 1.29 is 9.90 Å². The van der Waals surface area contributed by atoms with Crippen molar-refractivity contribution in [3.63, 3.8) is 0 Å². The fourth-order valence-corrected chi connectivity index (χ4v) is 4.79. The number of nitrogens with zero attached hydrogens (tertiary/aromatic N) is 4. The topological polar surface area (TPSA) is 71.2 Å². The Hall–Kier alpha value is -3.67. The van der Waals surface area contributed by atoms with Crippen molar-refractivity contribution in [3.05, 3.63) is 88.4 Å². The smallest absolute Gasteiger partial charge is 0.331 e. The first-order chi connectivity index (χ1) is 16.3. The average Bonchev–Trinajstić information content (AvgIpc) is 3.16. The number of aliphatic carboxylic acids is 1. The third-order valence-electron chi connectivity index (χ3n) is 6.33. The molecular formula is C28H32N4O2. The van der Waals surface area contributed by atoms with Crippen LogP contribution >= 0.6 is 0 Å². The largest absolute Gasteiger partial charge is 0.479 e. The summed E-state index contributed by atoms with van der Waals surface area (Å²) in [7, 11) is 0. The van der Waals surface area contributed by atoms with Gasteiger partial charge in [0.25, 0.3) is 0 Å². The molecule has 1 N–H and O–H groups in total. The highest BCUT2D eigenvalue weighted by atomic mass is 16.4. The molecule has 1 unspecified atom stereocenters. The van der Waals surface area contributed by atoms with E-state index in [1.54, 1.807) is 0 Å². The van der Waals surface area contributed by atoms with Gasteiger partial charge in [-0.3, -0.25) is 0 Å². The lowest BCUT2D eigenvalue weighted by Crippen LogP contribution is -2.34. The second-order valence-corrected chi connectivity index (χ2v) is 8.78. The molecule has 176 valence electrons. The minimum Gasteiger partial charge on any atom is -0.479 e. The number of hydrogen-bond donors (Lipinski definition) is 1. The summed E-state index contributed by atoms with van der Waals surface area (Å²) in [5, 5.41) is 10.1. The fraction of sp³-hybridized carbons (Fsp3) is 0.321. The summed E-state index contributed by atoms with van der Waals surface area (Å²) in [5.74, 6) is 0.161. The van der Waals surface area contributed by atoms with Gasteiger partial charge in [-0.15, -0.1) is 0 Å². The van der Waals surface area contributed by atoms with Gasteiger partial charge in [-0.1, -0.05) is 49.4 Å². The summed E-state index contributed by atoms with van der Waals surface area (Å²) >= 11 is 0. The SMILES string of the molecule is CCc1nc2c(C)cc(C)nc2n1Cc1ccc(N(CC)C(C(=O)O)c2ccccc2)c(C)c1. The van der Waals surface area contributed by atoms with Gasteiger partial charge in [-0.05, 0) is 62.1 Å². The average molecular weight is 457 g/mol. The maximum absolute atomic E-state index is 12.3. The van der Waals surface area contributed by atoms with E-state index >= 15 is 0 Å². The van der Waals surface area contributed by atoms with Crippen LogP contribution < -0.4 is 4.90 Å². The second kappa shape index (κ2) is 9.67. The van der Waals surface area contributed by atoms with Crippen LogP contribution in [0.3, 0.4) is 0 Å². The number of imidazole rings is 1. The molecule has 0 spiro atoms. The van der Waals surface area contributed by atoms with Gasteiger partial charge in [0, 0.05) is 24.3 Å². The zero-order chi connectivity index (χ0) is 24.4. The van der Waals surface area contributed by atoms with E-state index in [1.165, 1.54) is 0 Å². The highest BCUT2D eigenvalue weighted by molar-refractivity contribution is 5.81. The Labute approximate surface area is 200 Å². The molecule has 0 aliphatic carbocycles.